The van der Waals surface area contributed by atoms with Crippen LogP contribution >= 0.6 is 0 Å². The van der Waals surface area contributed by atoms with Crippen LogP contribution in [0.2, 0.25) is 0 Å². The Kier molecular flexibility index (Phi) is 6.36. The summed E-state index contributed by atoms with van der Waals surface area (Å²) in [6.07, 6.45) is 1.35. The SMILES string of the molecule is O=C(Nc1ccc(N2CCOCC2)cc1)[C@H]1CCCN(S(=O)(=O)c2ccccc2)C1. The van der Waals surface area contributed by atoms with Gasteiger partial charge in [0.2, 0.25) is 15.9 Å². The zero-order valence-corrected chi connectivity index (χ0v) is 17.7. The van der Waals surface area contributed by atoms with Crippen molar-refractivity contribution >= 4 is 27.3 Å². The maximum absolute atomic E-state index is 12.9. The third-order valence-electron chi connectivity index (χ3n) is 5.65. The summed E-state index contributed by atoms with van der Waals surface area (Å²) in [7, 11) is -3.58. The van der Waals surface area contributed by atoms with Crippen LogP contribution in [-0.2, 0) is 19.6 Å². The molecule has 8 heteroatoms. The predicted molar refractivity (Wildman–Crippen MR) is 116 cm³/mol. The number of sulfonamides is 1. The van der Waals surface area contributed by atoms with E-state index in [0.717, 1.165) is 37.7 Å². The molecule has 4 rings (SSSR count). The zero-order chi connectivity index (χ0) is 21.0. The van der Waals surface area contributed by atoms with Crippen LogP contribution in [0.1, 0.15) is 12.8 Å². The van der Waals surface area contributed by atoms with Crippen molar-refractivity contribution in [3.8, 4) is 0 Å². The van der Waals surface area contributed by atoms with Gasteiger partial charge in [0.25, 0.3) is 0 Å². The van der Waals surface area contributed by atoms with Crippen LogP contribution in [0.4, 0.5) is 11.4 Å². The molecule has 0 aliphatic carbocycles. The van der Waals surface area contributed by atoms with Gasteiger partial charge in [-0.2, -0.15) is 4.31 Å². The number of rotatable bonds is 5. The number of piperidine rings is 1. The summed E-state index contributed by atoms with van der Waals surface area (Å²) in [5, 5.41) is 2.95. The van der Waals surface area contributed by atoms with Crippen molar-refractivity contribution in [1.29, 1.82) is 0 Å². The largest absolute Gasteiger partial charge is 0.378 e. The minimum Gasteiger partial charge on any atom is -0.378 e. The molecule has 0 aromatic heterocycles. The fourth-order valence-electron chi connectivity index (χ4n) is 3.94. The number of hydrogen-bond donors (Lipinski definition) is 1. The quantitative estimate of drug-likeness (QED) is 0.790. The lowest BCUT2D eigenvalue weighted by Crippen LogP contribution is -2.43. The van der Waals surface area contributed by atoms with Crippen molar-refractivity contribution in [3.05, 3.63) is 54.6 Å². The molecule has 2 fully saturated rings. The first-order valence-corrected chi connectivity index (χ1v) is 11.8. The number of amides is 1. The Morgan fingerprint density at radius 3 is 2.37 bits per heavy atom. The molecule has 2 aliphatic rings. The number of hydrogen-bond acceptors (Lipinski definition) is 5. The van der Waals surface area contributed by atoms with Gasteiger partial charge in [-0.3, -0.25) is 4.79 Å². The maximum atomic E-state index is 12.9. The van der Waals surface area contributed by atoms with Crippen LogP contribution in [0.3, 0.4) is 0 Å². The first kappa shape index (κ1) is 20.8. The van der Waals surface area contributed by atoms with Crippen molar-refractivity contribution in [1.82, 2.24) is 4.31 Å². The number of carbonyl (C=O) groups excluding carboxylic acids is 1. The van der Waals surface area contributed by atoms with E-state index in [1.165, 1.54) is 4.31 Å². The second-order valence-electron chi connectivity index (χ2n) is 7.65. The van der Waals surface area contributed by atoms with Gasteiger partial charge in [0.1, 0.15) is 0 Å². The maximum Gasteiger partial charge on any atom is 0.243 e. The minimum absolute atomic E-state index is 0.137. The first-order valence-electron chi connectivity index (χ1n) is 10.3. The summed E-state index contributed by atoms with van der Waals surface area (Å²) in [4.78, 5) is 15.3. The van der Waals surface area contributed by atoms with Gasteiger partial charge in [-0.05, 0) is 49.2 Å². The van der Waals surface area contributed by atoms with Crippen molar-refractivity contribution < 1.29 is 17.9 Å². The summed E-state index contributed by atoms with van der Waals surface area (Å²) in [6, 6.07) is 16.2. The third kappa shape index (κ3) is 4.66. The van der Waals surface area contributed by atoms with Crippen molar-refractivity contribution in [2.45, 2.75) is 17.7 Å². The number of nitrogens with zero attached hydrogens (tertiary/aromatic N) is 2. The normalized spacial score (nSPS) is 20.7. The van der Waals surface area contributed by atoms with E-state index in [2.05, 4.69) is 10.2 Å². The van der Waals surface area contributed by atoms with Crippen molar-refractivity contribution in [2.24, 2.45) is 5.92 Å². The second-order valence-corrected chi connectivity index (χ2v) is 9.59. The van der Waals surface area contributed by atoms with Crippen LogP contribution in [0, 0.1) is 5.92 Å². The van der Waals surface area contributed by atoms with Gasteiger partial charge in [-0.25, -0.2) is 8.42 Å². The van der Waals surface area contributed by atoms with Crippen LogP contribution in [-0.4, -0.2) is 58.0 Å². The third-order valence-corrected chi connectivity index (χ3v) is 7.53. The highest BCUT2D eigenvalue weighted by atomic mass is 32.2. The Bertz CT molecular complexity index is 958. The van der Waals surface area contributed by atoms with E-state index >= 15 is 0 Å². The molecule has 0 radical (unpaired) electrons. The van der Waals surface area contributed by atoms with Gasteiger partial charge in [0.05, 0.1) is 24.0 Å². The molecule has 0 spiro atoms. The monoisotopic (exact) mass is 429 g/mol. The van der Waals surface area contributed by atoms with E-state index in [4.69, 9.17) is 4.74 Å². The molecule has 2 aliphatic heterocycles. The van der Waals surface area contributed by atoms with Crippen molar-refractivity contribution in [3.63, 3.8) is 0 Å². The number of carbonyl (C=O) groups is 1. The van der Waals surface area contributed by atoms with Gasteiger partial charge in [-0.15, -0.1) is 0 Å². The summed E-state index contributed by atoms with van der Waals surface area (Å²) >= 11 is 0. The Morgan fingerprint density at radius 2 is 1.67 bits per heavy atom. The Morgan fingerprint density at radius 1 is 0.967 bits per heavy atom. The summed E-state index contributed by atoms with van der Waals surface area (Å²) in [5.41, 5.74) is 1.83. The number of nitrogens with one attached hydrogen (secondary N) is 1. The lowest BCUT2D eigenvalue weighted by Gasteiger charge is -2.31. The molecule has 1 N–H and O–H groups in total. The van der Waals surface area contributed by atoms with Crippen LogP contribution < -0.4 is 10.2 Å². The van der Waals surface area contributed by atoms with E-state index in [9.17, 15) is 13.2 Å². The fraction of sp³-hybridized carbons (Fsp3) is 0.409. The smallest absolute Gasteiger partial charge is 0.243 e. The Labute approximate surface area is 177 Å². The predicted octanol–water partition coefficient (Wildman–Crippen LogP) is 2.56. The molecule has 2 aromatic carbocycles. The fourth-order valence-corrected chi connectivity index (χ4v) is 5.48. The standard InChI is InChI=1S/C22H27N3O4S/c26-22(23-19-8-10-20(11-9-19)24-13-15-29-16-14-24)18-5-4-12-25(17-18)30(27,28)21-6-2-1-3-7-21/h1-3,6-11,18H,4-5,12-17H2,(H,23,26)/t18-/m0/s1. The number of benzene rings is 2. The first-order chi connectivity index (χ1) is 14.5. The van der Waals surface area contributed by atoms with Gasteiger partial charge >= 0.3 is 0 Å². The Hall–Kier alpha value is -2.42. The highest BCUT2D eigenvalue weighted by molar-refractivity contribution is 7.89. The highest BCUT2D eigenvalue weighted by Crippen LogP contribution is 2.25. The van der Waals surface area contributed by atoms with Gasteiger partial charge in [-0.1, -0.05) is 18.2 Å². The van der Waals surface area contributed by atoms with E-state index in [1.54, 1.807) is 30.3 Å². The molecular formula is C22H27N3O4S. The molecule has 7 nitrogen and oxygen atoms in total. The summed E-state index contributed by atoms with van der Waals surface area (Å²) in [6.45, 7) is 3.81. The van der Waals surface area contributed by atoms with Crippen LogP contribution in [0.25, 0.3) is 0 Å². The second kappa shape index (κ2) is 9.16. The molecule has 0 bridgehead atoms. The summed E-state index contributed by atoms with van der Waals surface area (Å²) < 4.78 is 32.6. The molecule has 1 atom stereocenters. The van der Waals surface area contributed by atoms with E-state index in [0.29, 0.717) is 19.4 Å². The van der Waals surface area contributed by atoms with E-state index in [1.807, 2.05) is 24.3 Å². The van der Waals surface area contributed by atoms with Crippen molar-refractivity contribution in [2.75, 3.05) is 49.6 Å². The highest BCUT2D eigenvalue weighted by Gasteiger charge is 2.33. The molecule has 2 saturated heterocycles. The van der Waals surface area contributed by atoms with Crippen LogP contribution in [0.15, 0.2) is 59.5 Å². The molecule has 0 unspecified atom stereocenters. The van der Waals surface area contributed by atoms with Gasteiger partial charge < -0.3 is 15.0 Å². The molecule has 0 saturated carbocycles. The van der Waals surface area contributed by atoms with E-state index < -0.39 is 10.0 Å². The molecular weight excluding hydrogens is 402 g/mol. The average molecular weight is 430 g/mol. The number of anilines is 2. The minimum atomic E-state index is -3.58. The average Bonchev–Trinajstić information content (AvgIpc) is 2.81. The summed E-state index contributed by atoms with van der Waals surface area (Å²) in [5.74, 6) is -0.502. The number of ether oxygens (including phenoxy) is 1. The van der Waals surface area contributed by atoms with E-state index in [-0.39, 0.29) is 23.3 Å². The lowest BCUT2D eigenvalue weighted by atomic mass is 9.98. The molecule has 30 heavy (non-hydrogen) atoms. The lowest BCUT2D eigenvalue weighted by molar-refractivity contribution is -0.120. The number of morpholine rings is 1. The Balaban J connectivity index is 1.38. The molecule has 1 amide bonds. The van der Waals surface area contributed by atoms with Crippen LogP contribution in [0.5, 0.6) is 0 Å². The molecule has 2 aromatic rings. The molecule has 2 heterocycles. The van der Waals surface area contributed by atoms with Gasteiger partial charge in [0, 0.05) is 37.6 Å². The topological polar surface area (TPSA) is 79.0 Å². The van der Waals surface area contributed by atoms with Gasteiger partial charge in [0.15, 0.2) is 0 Å². The zero-order valence-electron chi connectivity index (χ0n) is 16.9. The molecule has 160 valence electrons.